The maximum atomic E-state index is 12.9. The second kappa shape index (κ2) is 3.34. The van der Waals surface area contributed by atoms with Gasteiger partial charge < -0.3 is 5.11 Å². The van der Waals surface area contributed by atoms with Gasteiger partial charge in [-0.15, -0.1) is 0 Å². The second-order valence-corrected chi connectivity index (χ2v) is 3.30. The van der Waals surface area contributed by atoms with Gasteiger partial charge in [-0.3, -0.25) is 9.48 Å². The molecule has 0 saturated heterocycles. The van der Waals surface area contributed by atoms with Crippen LogP contribution in [0.5, 0.6) is 0 Å². The molecule has 15 heavy (non-hydrogen) atoms. The molecule has 1 aromatic heterocycles. The van der Waals surface area contributed by atoms with Crippen LogP contribution in [0.25, 0.3) is 10.9 Å². The van der Waals surface area contributed by atoms with Gasteiger partial charge in [-0.25, -0.2) is 4.39 Å². The fourth-order valence-electron chi connectivity index (χ4n) is 1.52. The number of hydrogen-bond donors (Lipinski definition) is 1. The summed E-state index contributed by atoms with van der Waals surface area (Å²) in [5.41, 5.74) is 1.21. The summed E-state index contributed by atoms with van der Waals surface area (Å²) in [7, 11) is 0. The first kappa shape index (κ1) is 9.64. The summed E-state index contributed by atoms with van der Waals surface area (Å²) in [5, 5.41) is 13.4. The van der Waals surface area contributed by atoms with E-state index in [0.717, 1.165) is 11.1 Å². The number of carboxylic acids is 1. The molecule has 0 aliphatic carbocycles. The minimum atomic E-state index is -0.966. The molecule has 0 bridgehead atoms. The highest BCUT2D eigenvalue weighted by molar-refractivity contribution is 5.82. The molecule has 0 atom stereocenters. The topological polar surface area (TPSA) is 55.1 Å². The minimum absolute atomic E-state index is 0.206. The Bertz CT molecular complexity index is 533. The number of carbonyl (C=O) groups is 1. The summed E-state index contributed by atoms with van der Waals surface area (Å²) in [4.78, 5) is 10.5. The fraction of sp³-hybridized carbons (Fsp3) is 0.200. The number of carboxylic acid groups (broad SMARTS) is 1. The van der Waals surface area contributed by atoms with Gasteiger partial charge in [0.2, 0.25) is 0 Å². The van der Waals surface area contributed by atoms with E-state index in [1.807, 2.05) is 0 Å². The van der Waals surface area contributed by atoms with Crippen LogP contribution < -0.4 is 0 Å². The van der Waals surface area contributed by atoms with Crippen LogP contribution in [0, 0.1) is 12.7 Å². The molecule has 5 heteroatoms. The van der Waals surface area contributed by atoms with E-state index < -0.39 is 5.97 Å². The fourth-order valence-corrected chi connectivity index (χ4v) is 1.52. The number of benzene rings is 1. The summed E-state index contributed by atoms with van der Waals surface area (Å²) in [5.74, 6) is -1.34. The zero-order chi connectivity index (χ0) is 11.0. The molecule has 0 spiro atoms. The van der Waals surface area contributed by atoms with E-state index in [2.05, 4.69) is 5.10 Å². The first-order valence-corrected chi connectivity index (χ1v) is 4.42. The third-order valence-corrected chi connectivity index (χ3v) is 2.25. The molecule has 1 N–H and O–H groups in total. The minimum Gasteiger partial charge on any atom is -0.480 e. The third-order valence-electron chi connectivity index (χ3n) is 2.25. The molecule has 2 aromatic rings. The normalized spacial score (nSPS) is 10.8. The molecule has 0 fully saturated rings. The number of hydrogen-bond acceptors (Lipinski definition) is 2. The van der Waals surface area contributed by atoms with Crippen LogP contribution in [-0.2, 0) is 11.3 Å². The standard InChI is InChI=1S/C10H9FN2O2/c1-6-8-3-2-7(11)4-9(8)12-13(6)5-10(14)15/h2-4H,5H2,1H3,(H,14,15). The number of halogens is 1. The zero-order valence-electron chi connectivity index (χ0n) is 8.07. The van der Waals surface area contributed by atoms with Crippen molar-refractivity contribution in [1.82, 2.24) is 9.78 Å². The van der Waals surface area contributed by atoms with Crippen molar-refractivity contribution in [2.45, 2.75) is 13.5 Å². The zero-order valence-corrected chi connectivity index (χ0v) is 8.07. The maximum Gasteiger partial charge on any atom is 0.325 e. The van der Waals surface area contributed by atoms with E-state index in [-0.39, 0.29) is 12.4 Å². The molecule has 0 radical (unpaired) electrons. The van der Waals surface area contributed by atoms with E-state index >= 15 is 0 Å². The van der Waals surface area contributed by atoms with Gasteiger partial charge in [-0.05, 0) is 19.1 Å². The Balaban J connectivity index is 2.58. The number of aromatic nitrogens is 2. The van der Waals surface area contributed by atoms with Crippen molar-refractivity contribution in [1.29, 1.82) is 0 Å². The lowest BCUT2D eigenvalue weighted by atomic mass is 10.2. The Morgan fingerprint density at radius 2 is 2.33 bits per heavy atom. The molecule has 4 nitrogen and oxygen atoms in total. The number of nitrogens with zero attached hydrogens (tertiary/aromatic N) is 2. The largest absolute Gasteiger partial charge is 0.480 e. The van der Waals surface area contributed by atoms with Gasteiger partial charge in [-0.2, -0.15) is 5.10 Å². The van der Waals surface area contributed by atoms with Crippen LogP contribution in [0.1, 0.15) is 5.69 Å². The van der Waals surface area contributed by atoms with Crippen molar-refractivity contribution in [2.75, 3.05) is 0 Å². The molecule has 1 aromatic carbocycles. The first-order chi connectivity index (χ1) is 7.08. The van der Waals surface area contributed by atoms with Gasteiger partial charge in [0, 0.05) is 17.1 Å². The Kier molecular flexibility index (Phi) is 2.15. The van der Waals surface area contributed by atoms with Crippen molar-refractivity contribution < 1.29 is 14.3 Å². The van der Waals surface area contributed by atoms with E-state index in [9.17, 15) is 9.18 Å². The Hall–Kier alpha value is -1.91. The van der Waals surface area contributed by atoms with Crippen molar-refractivity contribution >= 4 is 16.9 Å². The summed E-state index contributed by atoms with van der Waals surface area (Å²) in [6.45, 7) is 1.55. The Morgan fingerprint density at radius 1 is 1.60 bits per heavy atom. The second-order valence-electron chi connectivity index (χ2n) is 3.30. The lowest BCUT2D eigenvalue weighted by molar-refractivity contribution is -0.137. The van der Waals surface area contributed by atoms with Gasteiger partial charge in [0.1, 0.15) is 12.4 Å². The van der Waals surface area contributed by atoms with Crippen LogP contribution in [0.3, 0.4) is 0 Å². The summed E-state index contributed by atoms with van der Waals surface area (Å²) in [6, 6.07) is 4.23. The van der Waals surface area contributed by atoms with E-state index in [1.165, 1.54) is 16.8 Å². The summed E-state index contributed by atoms with van der Waals surface area (Å²) < 4.78 is 14.2. The van der Waals surface area contributed by atoms with Crippen LogP contribution in [0.15, 0.2) is 18.2 Å². The number of fused-ring (bicyclic) bond motifs is 1. The van der Waals surface area contributed by atoms with E-state index in [0.29, 0.717) is 5.52 Å². The predicted octanol–water partition coefficient (Wildman–Crippen LogP) is 1.57. The van der Waals surface area contributed by atoms with E-state index in [1.54, 1.807) is 13.0 Å². The van der Waals surface area contributed by atoms with Crippen LogP contribution >= 0.6 is 0 Å². The lowest BCUT2D eigenvalue weighted by Gasteiger charge is -1.98. The van der Waals surface area contributed by atoms with Gasteiger partial charge in [-0.1, -0.05) is 0 Å². The highest BCUT2D eigenvalue weighted by Gasteiger charge is 2.09. The first-order valence-electron chi connectivity index (χ1n) is 4.42. The molecule has 0 aliphatic heterocycles. The Labute approximate surface area is 84.9 Å². The quantitative estimate of drug-likeness (QED) is 0.814. The highest BCUT2D eigenvalue weighted by Crippen LogP contribution is 2.18. The average Bonchev–Trinajstić information content (AvgIpc) is 2.42. The molecule has 0 saturated carbocycles. The van der Waals surface area contributed by atoms with Crippen LogP contribution in [0.4, 0.5) is 4.39 Å². The van der Waals surface area contributed by atoms with Gasteiger partial charge in [0.15, 0.2) is 0 Å². The van der Waals surface area contributed by atoms with Gasteiger partial charge in [0.05, 0.1) is 5.52 Å². The molecule has 0 unspecified atom stereocenters. The average molecular weight is 208 g/mol. The smallest absolute Gasteiger partial charge is 0.325 e. The van der Waals surface area contributed by atoms with Crippen LogP contribution in [0.2, 0.25) is 0 Å². The van der Waals surface area contributed by atoms with E-state index in [4.69, 9.17) is 5.11 Å². The third kappa shape index (κ3) is 1.68. The van der Waals surface area contributed by atoms with Crippen LogP contribution in [-0.4, -0.2) is 20.9 Å². The predicted molar refractivity (Wildman–Crippen MR) is 52.1 cm³/mol. The molecular formula is C10H9FN2O2. The molecule has 0 amide bonds. The SMILES string of the molecule is Cc1c2ccc(F)cc2nn1CC(=O)O. The molecule has 78 valence electrons. The molecule has 0 aliphatic rings. The summed E-state index contributed by atoms with van der Waals surface area (Å²) >= 11 is 0. The van der Waals surface area contributed by atoms with Crippen molar-refractivity contribution in [3.05, 3.63) is 29.7 Å². The number of rotatable bonds is 2. The highest BCUT2D eigenvalue weighted by atomic mass is 19.1. The lowest BCUT2D eigenvalue weighted by Crippen LogP contribution is -2.11. The van der Waals surface area contributed by atoms with Gasteiger partial charge in [0.25, 0.3) is 0 Å². The van der Waals surface area contributed by atoms with Crippen molar-refractivity contribution in [3.63, 3.8) is 0 Å². The number of aliphatic carboxylic acids is 1. The molecular weight excluding hydrogens is 199 g/mol. The summed E-state index contributed by atoms with van der Waals surface area (Å²) in [6.07, 6.45) is 0. The maximum absolute atomic E-state index is 12.9. The number of aryl methyl sites for hydroxylation is 1. The monoisotopic (exact) mass is 208 g/mol. The van der Waals surface area contributed by atoms with Crippen molar-refractivity contribution in [3.8, 4) is 0 Å². The van der Waals surface area contributed by atoms with Crippen molar-refractivity contribution in [2.24, 2.45) is 0 Å². The van der Waals surface area contributed by atoms with Gasteiger partial charge >= 0.3 is 5.97 Å². The Morgan fingerprint density at radius 3 is 3.00 bits per heavy atom. The molecule has 1 heterocycles. The molecule has 2 rings (SSSR count).